The van der Waals surface area contributed by atoms with Crippen molar-refractivity contribution in [2.24, 2.45) is 0 Å². The molecule has 1 aliphatic rings. The van der Waals surface area contributed by atoms with Crippen molar-refractivity contribution < 1.29 is 14.3 Å². The Morgan fingerprint density at radius 1 is 1.42 bits per heavy atom. The molecule has 24 heavy (non-hydrogen) atoms. The van der Waals surface area contributed by atoms with Crippen LogP contribution in [0.3, 0.4) is 0 Å². The van der Waals surface area contributed by atoms with E-state index in [1.165, 1.54) is 7.11 Å². The fourth-order valence-electron chi connectivity index (χ4n) is 2.67. The van der Waals surface area contributed by atoms with Crippen LogP contribution >= 0.6 is 11.6 Å². The normalized spacial score (nSPS) is 16.9. The molecule has 0 saturated carbocycles. The second-order valence-corrected chi connectivity index (χ2v) is 5.99. The maximum atomic E-state index is 12.3. The number of ether oxygens (including phenoxy) is 1. The molecule has 7 nitrogen and oxygen atoms in total. The number of nitrogens with one attached hydrogen (secondary N) is 2. The van der Waals surface area contributed by atoms with E-state index in [1.54, 1.807) is 23.1 Å². The number of hydrogen-bond donors (Lipinski definition) is 2. The van der Waals surface area contributed by atoms with E-state index in [2.05, 4.69) is 20.3 Å². The number of hydrogen-bond acceptors (Lipinski definition) is 4. The van der Waals surface area contributed by atoms with E-state index in [1.807, 2.05) is 12.1 Å². The molecule has 2 heterocycles. The number of halogens is 1. The first-order chi connectivity index (χ1) is 11.6. The fourth-order valence-corrected chi connectivity index (χ4v) is 2.86. The van der Waals surface area contributed by atoms with Crippen LogP contribution in [-0.4, -0.2) is 53.3 Å². The molecular weight excluding hydrogens is 332 g/mol. The molecule has 1 saturated heterocycles. The molecule has 1 atom stereocenters. The molecule has 0 spiro atoms. The summed E-state index contributed by atoms with van der Waals surface area (Å²) in [5.41, 5.74) is 1.84. The van der Waals surface area contributed by atoms with Crippen molar-refractivity contribution in [2.75, 3.05) is 20.2 Å². The molecule has 2 amide bonds. The number of aromatic amines is 1. The first-order valence-electron chi connectivity index (χ1n) is 7.52. The first kappa shape index (κ1) is 16.3. The number of rotatable bonds is 3. The van der Waals surface area contributed by atoms with Crippen LogP contribution in [0.25, 0.3) is 11.3 Å². The Labute approximate surface area is 143 Å². The topological polar surface area (TPSA) is 87.3 Å². The molecule has 0 bridgehead atoms. The molecule has 1 unspecified atom stereocenters. The van der Waals surface area contributed by atoms with Crippen molar-refractivity contribution in [2.45, 2.75) is 12.5 Å². The molecule has 3 rings (SSSR count). The minimum Gasteiger partial charge on any atom is -0.453 e. The predicted octanol–water partition coefficient (Wildman–Crippen LogP) is 2.30. The van der Waals surface area contributed by atoms with Crippen molar-refractivity contribution >= 4 is 23.6 Å². The summed E-state index contributed by atoms with van der Waals surface area (Å²) in [6.45, 7) is 1.00. The smallest absolute Gasteiger partial charge is 0.409 e. The van der Waals surface area contributed by atoms with Gasteiger partial charge in [0.1, 0.15) is 5.69 Å². The fraction of sp³-hybridized carbons (Fsp3) is 0.312. The zero-order valence-corrected chi connectivity index (χ0v) is 13.8. The van der Waals surface area contributed by atoms with E-state index in [0.717, 1.165) is 5.56 Å². The maximum Gasteiger partial charge on any atom is 0.409 e. The van der Waals surface area contributed by atoms with Gasteiger partial charge in [0.05, 0.1) is 12.8 Å². The van der Waals surface area contributed by atoms with Gasteiger partial charge in [-0.05, 0) is 24.6 Å². The molecule has 1 aliphatic heterocycles. The number of benzene rings is 1. The lowest BCUT2D eigenvalue weighted by Crippen LogP contribution is -2.38. The summed E-state index contributed by atoms with van der Waals surface area (Å²) >= 11 is 5.97. The number of amides is 2. The second kappa shape index (κ2) is 6.92. The molecule has 1 fully saturated rings. The van der Waals surface area contributed by atoms with E-state index in [-0.39, 0.29) is 18.0 Å². The van der Waals surface area contributed by atoms with Crippen LogP contribution in [0.4, 0.5) is 4.79 Å². The van der Waals surface area contributed by atoms with Crippen LogP contribution in [0, 0.1) is 0 Å². The summed E-state index contributed by atoms with van der Waals surface area (Å²) in [4.78, 5) is 25.3. The summed E-state index contributed by atoms with van der Waals surface area (Å²) < 4.78 is 4.68. The van der Waals surface area contributed by atoms with Crippen LogP contribution in [0.1, 0.15) is 16.9 Å². The van der Waals surface area contributed by atoms with Crippen molar-refractivity contribution in [1.29, 1.82) is 0 Å². The van der Waals surface area contributed by atoms with Crippen molar-refractivity contribution in [3.05, 3.63) is 41.0 Å². The highest BCUT2D eigenvalue weighted by Gasteiger charge is 2.28. The van der Waals surface area contributed by atoms with Crippen molar-refractivity contribution in [3.63, 3.8) is 0 Å². The number of methoxy groups -OCH3 is 1. The molecule has 0 aliphatic carbocycles. The Kier molecular flexibility index (Phi) is 4.71. The van der Waals surface area contributed by atoms with E-state index in [9.17, 15) is 9.59 Å². The van der Waals surface area contributed by atoms with Gasteiger partial charge in [-0.3, -0.25) is 9.89 Å². The molecule has 8 heteroatoms. The van der Waals surface area contributed by atoms with Gasteiger partial charge in [0, 0.05) is 29.7 Å². The van der Waals surface area contributed by atoms with E-state index in [0.29, 0.717) is 35.9 Å². The van der Waals surface area contributed by atoms with Gasteiger partial charge in [-0.2, -0.15) is 5.10 Å². The summed E-state index contributed by atoms with van der Waals surface area (Å²) in [5, 5.41) is 10.4. The third-order valence-electron chi connectivity index (χ3n) is 3.90. The van der Waals surface area contributed by atoms with Gasteiger partial charge in [-0.1, -0.05) is 23.7 Å². The van der Waals surface area contributed by atoms with Crippen molar-refractivity contribution in [3.8, 4) is 11.3 Å². The maximum absolute atomic E-state index is 12.3. The Morgan fingerprint density at radius 2 is 2.25 bits per heavy atom. The minimum absolute atomic E-state index is 0.102. The van der Waals surface area contributed by atoms with Gasteiger partial charge >= 0.3 is 6.09 Å². The lowest BCUT2D eigenvalue weighted by molar-refractivity contribution is 0.0929. The van der Waals surface area contributed by atoms with Gasteiger partial charge in [-0.25, -0.2) is 4.79 Å². The lowest BCUT2D eigenvalue weighted by Gasteiger charge is -2.15. The van der Waals surface area contributed by atoms with Gasteiger partial charge in [0.2, 0.25) is 0 Å². The Bertz CT molecular complexity index is 761. The largest absolute Gasteiger partial charge is 0.453 e. The highest BCUT2D eigenvalue weighted by atomic mass is 35.5. The van der Waals surface area contributed by atoms with Crippen LogP contribution in [0.15, 0.2) is 30.3 Å². The van der Waals surface area contributed by atoms with Gasteiger partial charge < -0.3 is 15.0 Å². The standard InChI is InChI=1S/C16H17ClN4O3/c1-24-16(23)21-6-5-12(9-21)18-15(22)14-8-13(19-20-14)10-3-2-4-11(17)7-10/h2-4,7-8,12H,5-6,9H2,1H3,(H,18,22)(H,19,20). The summed E-state index contributed by atoms with van der Waals surface area (Å²) in [7, 11) is 1.34. The minimum atomic E-state index is -0.378. The van der Waals surface area contributed by atoms with Gasteiger partial charge in [-0.15, -0.1) is 0 Å². The molecule has 1 aromatic carbocycles. The molecule has 126 valence electrons. The number of aromatic nitrogens is 2. The summed E-state index contributed by atoms with van der Waals surface area (Å²) in [5.74, 6) is -0.257. The highest BCUT2D eigenvalue weighted by molar-refractivity contribution is 6.30. The Morgan fingerprint density at radius 3 is 3.00 bits per heavy atom. The lowest BCUT2D eigenvalue weighted by atomic mass is 10.1. The SMILES string of the molecule is COC(=O)N1CCC(NC(=O)c2cc(-c3cccc(Cl)c3)n[nH]2)C1. The summed E-state index contributed by atoms with van der Waals surface area (Å²) in [6, 6.07) is 8.83. The van der Waals surface area contributed by atoms with Gasteiger partial charge in [0.25, 0.3) is 5.91 Å². The van der Waals surface area contributed by atoms with Crippen LogP contribution < -0.4 is 5.32 Å². The van der Waals surface area contributed by atoms with Crippen LogP contribution in [0.2, 0.25) is 5.02 Å². The average Bonchev–Trinajstić information content (AvgIpc) is 3.23. The molecular formula is C16H17ClN4O3. The average molecular weight is 349 g/mol. The number of carbonyl (C=O) groups excluding carboxylic acids is 2. The molecule has 2 N–H and O–H groups in total. The van der Waals surface area contributed by atoms with E-state index >= 15 is 0 Å². The number of likely N-dealkylation sites (tertiary alicyclic amines) is 1. The zero-order chi connectivity index (χ0) is 17.1. The summed E-state index contributed by atoms with van der Waals surface area (Å²) in [6.07, 6.45) is 0.312. The third-order valence-corrected chi connectivity index (χ3v) is 4.13. The number of carbonyl (C=O) groups is 2. The number of nitrogens with zero attached hydrogens (tertiary/aromatic N) is 2. The van der Waals surface area contributed by atoms with E-state index in [4.69, 9.17) is 11.6 Å². The second-order valence-electron chi connectivity index (χ2n) is 5.55. The number of H-pyrrole nitrogens is 1. The molecule has 0 radical (unpaired) electrons. The monoisotopic (exact) mass is 348 g/mol. The van der Waals surface area contributed by atoms with Gasteiger partial charge in [0.15, 0.2) is 0 Å². The van der Waals surface area contributed by atoms with Crippen LogP contribution in [0.5, 0.6) is 0 Å². The molecule has 1 aromatic heterocycles. The van der Waals surface area contributed by atoms with Crippen LogP contribution in [-0.2, 0) is 4.74 Å². The van der Waals surface area contributed by atoms with Crippen molar-refractivity contribution in [1.82, 2.24) is 20.4 Å². The quantitative estimate of drug-likeness (QED) is 0.891. The Balaban J connectivity index is 1.63. The van der Waals surface area contributed by atoms with E-state index < -0.39 is 0 Å². The highest BCUT2D eigenvalue weighted by Crippen LogP contribution is 2.21. The first-order valence-corrected chi connectivity index (χ1v) is 7.89. The zero-order valence-electron chi connectivity index (χ0n) is 13.1. The Hall–Kier alpha value is -2.54. The third kappa shape index (κ3) is 3.51. The predicted molar refractivity (Wildman–Crippen MR) is 88.9 cm³/mol. The molecule has 2 aromatic rings.